The molecular formula is C19H20N2O3. The standard InChI is InChI=1S/C19H20N2O3/c22-17-9-11-21(13-17)19(23)8-5-15-3-6-18(7-4-15)24-14-16-2-1-10-20-12-16/h1-8,10,12,17,22H,9,11,13-14H2/t17-/m1/s1. The van der Waals surface area contributed by atoms with Crippen LogP contribution >= 0.6 is 0 Å². The molecule has 1 aromatic heterocycles. The van der Waals surface area contributed by atoms with Gasteiger partial charge in [0.1, 0.15) is 12.4 Å². The number of nitrogens with zero attached hydrogens (tertiary/aromatic N) is 2. The Morgan fingerprint density at radius 1 is 1.33 bits per heavy atom. The molecule has 1 fully saturated rings. The summed E-state index contributed by atoms with van der Waals surface area (Å²) in [4.78, 5) is 17.7. The highest BCUT2D eigenvalue weighted by Gasteiger charge is 2.22. The van der Waals surface area contributed by atoms with Crippen LogP contribution in [0.4, 0.5) is 0 Å². The summed E-state index contributed by atoms with van der Waals surface area (Å²) in [6.07, 6.45) is 7.09. The molecule has 1 atom stereocenters. The van der Waals surface area contributed by atoms with Gasteiger partial charge in [-0.05, 0) is 36.3 Å². The maximum Gasteiger partial charge on any atom is 0.246 e. The van der Waals surface area contributed by atoms with Crippen LogP contribution in [0.3, 0.4) is 0 Å². The van der Waals surface area contributed by atoms with Gasteiger partial charge in [0.15, 0.2) is 0 Å². The molecule has 1 aromatic carbocycles. The first-order valence-electron chi connectivity index (χ1n) is 7.97. The molecule has 5 nitrogen and oxygen atoms in total. The van der Waals surface area contributed by atoms with Crippen LogP contribution in [0, 0.1) is 0 Å². The summed E-state index contributed by atoms with van der Waals surface area (Å²) in [5, 5.41) is 9.46. The van der Waals surface area contributed by atoms with Gasteiger partial charge in [-0.3, -0.25) is 9.78 Å². The Balaban J connectivity index is 1.52. The van der Waals surface area contributed by atoms with Crippen molar-refractivity contribution in [2.75, 3.05) is 13.1 Å². The predicted molar refractivity (Wildman–Crippen MR) is 91.2 cm³/mol. The first kappa shape index (κ1) is 16.2. The van der Waals surface area contributed by atoms with E-state index in [9.17, 15) is 9.90 Å². The van der Waals surface area contributed by atoms with Crippen LogP contribution in [0.2, 0.25) is 0 Å². The summed E-state index contributed by atoms with van der Waals surface area (Å²) in [6.45, 7) is 1.51. The minimum absolute atomic E-state index is 0.0662. The number of amides is 1. The second kappa shape index (κ2) is 7.75. The summed E-state index contributed by atoms with van der Waals surface area (Å²) in [6, 6.07) is 11.4. The van der Waals surface area contributed by atoms with Crippen LogP contribution < -0.4 is 4.74 Å². The first-order chi connectivity index (χ1) is 11.7. The molecule has 1 aliphatic heterocycles. The van der Waals surface area contributed by atoms with Gasteiger partial charge in [-0.15, -0.1) is 0 Å². The molecule has 3 rings (SSSR count). The van der Waals surface area contributed by atoms with Gasteiger partial charge in [0.2, 0.25) is 5.91 Å². The van der Waals surface area contributed by atoms with Crippen molar-refractivity contribution in [3.8, 4) is 5.75 Å². The zero-order chi connectivity index (χ0) is 16.8. The molecule has 1 amide bonds. The van der Waals surface area contributed by atoms with E-state index in [2.05, 4.69) is 4.98 Å². The van der Waals surface area contributed by atoms with Crippen LogP contribution in [-0.4, -0.2) is 40.1 Å². The topological polar surface area (TPSA) is 62.7 Å². The Hall–Kier alpha value is -2.66. The number of rotatable bonds is 5. The van der Waals surface area contributed by atoms with Gasteiger partial charge in [-0.1, -0.05) is 18.2 Å². The van der Waals surface area contributed by atoms with E-state index in [1.165, 1.54) is 0 Å². The lowest BCUT2D eigenvalue weighted by Gasteiger charge is -2.12. The van der Waals surface area contributed by atoms with Crippen molar-refractivity contribution in [2.24, 2.45) is 0 Å². The fourth-order valence-corrected chi connectivity index (χ4v) is 2.54. The molecule has 0 radical (unpaired) electrons. The van der Waals surface area contributed by atoms with Crippen molar-refractivity contribution in [3.63, 3.8) is 0 Å². The van der Waals surface area contributed by atoms with Crippen LogP contribution in [0.25, 0.3) is 6.08 Å². The SMILES string of the molecule is O=C(C=Cc1ccc(OCc2cccnc2)cc1)N1CC[C@@H](O)C1. The monoisotopic (exact) mass is 324 g/mol. The van der Waals surface area contributed by atoms with Crippen molar-refractivity contribution in [1.29, 1.82) is 0 Å². The minimum atomic E-state index is -0.390. The molecule has 2 aromatic rings. The molecule has 1 N–H and O–H groups in total. The Morgan fingerprint density at radius 3 is 2.83 bits per heavy atom. The Bertz CT molecular complexity index is 698. The Kier molecular flexibility index (Phi) is 5.23. The number of carbonyl (C=O) groups excluding carboxylic acids is 1. The second-order valence-electron chi connectivity index (χ2n) is 5.78. The summed E-state index contributed by atoms with van der Waals surface area (Å²) >= 11 is 0. The van der Waals surface area contributed by atoms with Gasteiger partial charge in [0.05, 0.1) is 6.10 Å². The lowest BCUT2D eigenvalue weighted by molar-refractivity contribution is -0.125. The molecule has 0 saturated carbocycles. The fourth-order valence-electron chi connectivity index (χ4n) is 2.54. The molecule has 0 spiro atoms. The van der Waals surface area contributed by atoms with E-state index in [0.29, 0.717) is 26.1 Å². The molecule has 1 aliphatic rings. The number of carbonyl (C=O) groups is 1. The van der Waals surface area contributed by atoms with Crippen LogP contribution in [0.5, 0.6) is 5.75 Å². The van der Waals surface area contributed by atoms with E-state index in [-0.39, 0.29) is 5.91 Å². The van der Waals surface area contributed by atoms with Crippen LogP contribution in [0.1, 0.15) is 17.5 Å². The average molecular weight is 324 g/mol. The van der Waals surface area contributed by atoms with E-state index < -0.39 is 6.10 Å². The number of β-amino-alcohol motifs (C(OH)–C–C–N with tert-alkyl or cyclic N) is 1. The second-order valence-corrected chi connectivity index (χ2v) is 5.78. The summed E-state index contributed by atoms with van der Waals surface area (Å²) in [7, 11) is 0. The first-order valence-corrected chi connectivity index (χ1v) is 7.97. The predicted octanol–water partition coefficient (Wildman–Crippen LogP) is 2.27. The van der Waals surface area contributed by atoms with Gasteiger partial charge in [-0.25, -0.2) is 0 Å². The number of aliphatic hydroxyl groups is 1. The lowest BCUT2D eigenvalue weighted by atomic mass is 10.2. The Labute approximate surface area is 141 Å². The largest absolute Gasteiger partial charge is 0.489 e. The highest BCUT2D eigenvalue weighted by atomic mass is 16.5. The smallest absolute Gasteiger partial charge is 0.246 e. The van der Waals surface area contributed by atoms with Crippen molar-refractivity contribution in [3.05, 3.63) is 66.0 Å². The number of benzene rings is 1. The van der Waals surface area contributed by atoms with Crippen molar-refractivity contribution >= 4 is 12.0 Å². The number of hydrogen-bond acceptors (Lipinski definition) is 4. The molecule has 24 heavy (non-hydrogen) atoms. The van der Waals surface area contributed by atoms with Gasteiger partial charge in [0, 0.05) is 37.1 Å². The molecule has 0 bridgehead atoms. The molecule has 124 valence electrons. The molecule has 0 aliphatic carbocycles. The average Bonchev–Trinajstić information content (AvgIpc) is 3.06. The van der Waals surface area contributed by atoms with E-state index in [4.69, 9.17) is 4.74 Å². The van der Waals surface area contributed by atoms with Crippen molar-refractivity contribution in [1.82, 2.24) is 9.88 Å². The maximum absolute atomic E-state index is 12.0. The van der Waals surface area contributed by atoms with Gasteiger partial charge in [-0.2, -0.15) is 0 Å². The van der Waals surface area contributed by atoms with Gasteiger partial charge >= 0.3 is 0 Å². The van der Waals surface area contributed by atoms with Crippen molar-refractivity contribution in [2.45, 2.75) is 19.1 Å². The molecule has 0 unspecified atom stereocenters. The van der Waals surface area contributed by atoms with Crippen molar-refractivity contribution < 1.29 is 14.6 Å². The number of pyridine rings is 1. The van der Waals surface area contributed by atoms with Gasteiger partial charge in [0.25, 0.3) is 0 Å². The fraction of sp³-hybridized carbons (Fsp3) is 0.263. The highest BCUT2D eigenvalue weighted by molar-refractivity contribution is 5.92. The number of aliphatic hydroxyl groups excluding tert-OH is 1. The normalized spacial score (nSPS) is 17.4. The third-order valence-electron chi connectivity index (χ3n) is 3.90. The highest BCUT2D eigenvalue weighted by Crippen LogP contribution is 2.15. The number of hydrogen-bond donors (Lipinski definition) is 1. The zero-order valence-corrected chi connectivity index (χ0v) is 13.3. The third-order valence-corrected chi connectivity index (χ3v) is 3.90. The lowest BCUT2D eigenvalue weighted by Crippen LogP contribution is -2.27. The van der Waals surface area contributed by atoms with E-state index in [1.807, 2.05) is 36.4 Å². The molecule has 2 heterocycles. The van der Waals surface area contributed by atoms with E-state index >= 15 is 0 Å². The molecular weight excluding hydrogens is 304 g/mol. The zero-order valence-electron chi connectivity index (χ0n) is 13.3. The van der Waals surface area contributed by atoms with Gasteiger partial charge < -0.3 is 14.7 Å². The summed E-state index contributed by atoms with van der Waals surface area (Å²) in [5.74, 6) is 0.702. The Morgan fingerprint density at radius 2 is 2.17 bits per heavy atom. The van der Waals surface area contributed by atoms with Crippen LogP contribution in [-0.2, 0) is 11.4 Å². The summed E-state index contributed by atoms with van der Waals surface area (Å²) in [5.41, 5.74) is 1.94. The third kappa shape index (κ3) is 4.43. The quantitative estimate of drug-likeness (QED) is 0.857. The maximum atomic E-state index is 12.0. The summed E-state index contributed by atoms with van der Waals surface area (Å²) < 4.78 is 5.70. The molecule has 5 heteroatoms. The minimum Gasteiger partial charge on any atom is -0.489 e. The van der Waals surface area contributed by atoms with E-state index in [0.717, 1.165) is 16.9 Å². The molecule has 1 saturated heterocycles. The number of ether oxygens (including phenoxy) is 1. The number of likely N-dealkylation sites (tertiary alicyclic amines) is 1. The number of aromatic nitrogens is 1. The van der Waals surface area contributed by atoms with E-state index in [1.54, 1.807) is 29.4 Å². The van der Waals surface area contributed by atoms with Crippen LogP contribution in [0.15, 0.2) is 54.9 Å².